The molecule has 0 fully saturated rings. The summed E-state index contributed by atoms with van der Waals surface area (Å²) in [5.74, 6) is -0.705. The topological polar surface area (TPSA) is 111 Å². The Morgan fingerprint density at radius 2 is 1.92 bits per heavy atom. The van der Waals surface area contributed by atoms with Gasteiger partial charge in [-0.25, -0.2) is 9.07 Å². The number of amides is 2. The van der Waals surface area contributed by atoms with E-state index in [1.54, 1.807) is 35.0 Å². The molecule has 8 nitrogen and oxygen atoms in total. The fraction of sp³-hybridized carbons (Fsp3) is 0.179. The monoisotopic (exact) mass is 499 g/mol. The summed E-state index contributed by atoms with van der Waals surface area (Å²) in [6.45, 7) is 2.43. The smallest absolute Gasteiger partial charge is 0.255 e. The molecule has 37 heavy (non-hydrogen) atoms. The van der Waals surface area contributed by atoms with Crippen molar-refractivity contribution in [1.82, 2.24) is 15.1 Å². The number of nitrogens with zero attached hydrogens (tertiary/aromatic N) is 2. The maximum absolute atomic E-state index is 15.5. The van der Waals surface area contributed by atoms with Crippen LogP contribution in [0.2, 0.25) is 0 Å². The van der Waals surface area contributed by atoms with Crippen molar-refractivity contribution in [1.29, 1.82) is 0 Å². The minimum Gasteiger partial charge on any atom is -0.496 e. The number of carbonyl (C=O) groups excluding carboxylic acids is 2. The number of fused-ring (bicyclic) bond motifs is 2. The molecule has 2 amide bonds. The quantitative estimate of drug-likeness (QED) is 0.366. The van der Waals surface area contributed by atoms with Crippen molar-refractivity contribution in [3.8, 4) is 17.0 Å². The largest absolute Gasteiger partial charge is 0.496 e. The molecule has 0 bridgehead atoms. The van der Waals surface area contributed by atoms with Crippen LogP contribution >= 0.6 is 0 Å². The molecule has 0 saturated heterocycles. The van der Waals surface area contributed by atoms with Gasteiger partial charge in [0.25, 0.3) is 11.8 Å². The van der Waals surface area contributed by atoms with Gasteiger partial charge in [0.15, 0.2) is 0 Å². The van der Waals surface area contributed by atoms with Crippen molar-refractivity contribution >= 4 is 23.3 Å². The molecule has 2 heterocycles. The number of nitrogens with one attached hydrogen (secondary N) is 2. The van der Waals surface area contributed by atoms with Crippen molar-refractivity contribution in [3.05, 3.63) is 94.3 Å². The van der Waals surface area contributed by atoms with E-state index in [1.165, 1.54) is 13.2 Å². The molecule has 1 aliphatic rings. The number of benzene rings is 3. The van der Waals surface area contributed by atoms with Crippen LogP contribution in [0.15, 0.2) is 60.7 Å². The van der Waals surface area contributed by atoms with Gasteiger partial charge in [0.2, 0.25) is 0 Å². The number of rotatable bonds is 6. The van der Waals surface area contributed by atoms with Gasteiger partial charge in [0, 0.05) is 24.3 Å². The molecule has 0 radical (unpaired) electrons. The lowest BCUT2D eigenvalue weighted by atomic mass is 9.99. The van der Waals surface area contributed by atoms with E-state index in [9.17, 15) is 9.59 Å². The second kappa shape index (κ2) is 9.77. The molecule has 1 aromatic heterocycles. The first-order chi connectivity index (χ1) is 17.9. The number of carbonyl (C=O) groups is 2. The summed E-state index contributed by atoms with van der Waals surface area (Å²) in [6, 6.07) is 17.6. The maximum Gasteiger partial charge on any atom is 0.255 e. The number of primary amides is 1. The molecule has 0 unspecified atom stereocenters. The van der Waals surface area contributed by atoms with Crippen LogP contribution < -0.4 is 21.1 Å². The average molecular weight is 500 g/mol. The second-order valence-corrected chi connectivity index (χ2v) is 8.83. The van der Waals surface area contributed by atoms with Gasteiger partial charge in [-0.05, 0) is 60.4 Å². The van der Waals surface area contributed by atoms with Crippen molar-refractivity contribution in [2.45, 2.75) is 26.4 Å². The molecule has 5 rings (SSSR count). The minimum atomic E-state index is -0.701. The fourth-order valence-corrected chi connectivity index (χ4v) is 4.58. The summed E-state index contributed by atoms with van der Waals surface area (Å²) in [6.07, 6.45) is 0.696. The summed E-state index contributed by atoms with van der Waals surface area (Å²) >= 11 is 0. The van der Waals surface area contributed by atoms with Crippen LogP contribution in [0.5, 0.6) is 5.75 Å². The number of nitrogens with two attached hydrogens (primary N) is 1. The molecule has 4 aromatic rings. The molecule has 0 spiro atoms. The Morgan fingerprint density at radius 3 is 2.70 bits per heavy atom. The number of halogens is 1. The van der Waals surface area contributed by atoms with E-state index in [1.807, 2.05) is 31.2 Å². The first kappa shape index (κ1) is 24.1. The Kier molecular flexibility index (Phi) is 6.35. The molecule has 0 aliphatic carbocycles. The van der Waals surface area contributed by atoms with Crippen molar-refractivity contribution in [2.24, 2.45) is 5.73 Å². The molecule has 9 heteroatoms. The number of anilines is 2. The molecule has 0 saturated carbocycles. The summed E-state index contributed by atoms with van der Waals surface area (Å²) in [5.41, 5.74) is 9.90. The lowest BCUT2D eigenvalue weighted by Gasteiger charge is -2.13. The zero-order chi connectivity index (χ0) is 26.1. The highest BCUT2D eigenvalue weighted by molar-refractivity contribution is 6.04. The van der Waals surface area contributed by atoms with E-state index in [2.05, 4.69) is 15.7 Å². The predicted octanol–water partition coefficient (Wildman–Crippen LogP) is 4.33. The highest BCUT2D eigenvalue weighted by atomic mass is 19.1. The highest BCUT2D eigenvalue weighted by Gasteiger charge is 2.27. The third kappa shape index (κ3) is 4.51. The van der Waals surface area contributed by atoms with Crippen molar-refractivity contribution in [3.63, 3.8) is 0 Å². The van der Waals surface area contributed by atoms with Crippen LogP contribution in [0.4, 0.5) is 15.9 Å². The van der Waals surface area contributed by atoms with Crippen LogP contribution in [-0.2, 0) is 19.5 Å². The first-order valence-corrected chi connectivity index (χ1v) is 11.8. The molecular formula is C28H26FN5O3. The SMILES string of the molecule is COc1ccccc1C(=O)NCc1cc(F)c(-c2nn3c(c2C(N)=O)Nc2ccccc2CC3)cc1C. The zero-order valence-corrected chi connectivity index (χ0v) is 20.5. The number of aromatic nitrogens is 2. The lowest BCUT2D eigenvalue weighted by Crippen LogP contribution is -2.23. The lowest BCUT2D eigenvalue weighted by molar-refractivity contribution is 0.0946. The number of hydrogen-bond donors (Lipinski definition) is 3. The summed E-state index contributed by atoms with van der Waals surface area (Å²) in [4.78, 5) is 25.2. The third-order valence-corrected chi connectivity index (χ3v) is 6.53. The standard InChI is InChI=1S/C28H26FN5O3/c1-16-13-20(21(29)14-18(16)15-31-28(36)19-8-4-6-10-23(19)37-2)25-24(26(30)35)27-32-22-9-5-3-7-17(22)11-12-34(27)33-25/h3-10,13-14,32H,11-12,15H2,1-2H3,(H2,30,35)(H,31,36). The zero-order valence-electron chi connectivity index (χ0n) is 20.5. The molecule has 4 N–H and O–H groups in total. The summed E-state index contributed by atoms with van der Waals surface area (Å²) in [5, 5.41) is 10.7. The second-order valence-electron chi connectivity index (χ2n) is 8.83. The number of aryl methyl sites for hydroxylation is 3. The Labute approximate surface area is 213 Å². The van der Waals surface area contributed by atoms with Crippen LogP contribution in [0.3, 0.4) is 0 Å². The number of ether oxygens (including phenoxy) is 1. The number of hydrogen-bond acceptors (Lipinski definition) is 5. The summed E-state index contributed by atoms with van der Waals surface area (Å²) in [7, 11) is 1.49. The Morgan fingerprint density at radius 1 is 1.16 bits per heavy atom. The highest BCUT2D eigenvalue weighted by Crippen LogP contribution is 2.36. The van der Waals surface area contributed by atoms with Gasteiger partial charge in [-0.15, -0.1) is 0 Å². The van der Waals surface area contributed by atoms with Gasteiger partial charge in [-0.2, -0.15) is 5.10 Å². The predicted molar refractivity (Wildman–Crippen MR) is 138 cm³/mol. The Balaban J connectivity index is 1.46. The molecule has 188 valence electrons. The van der Waals surface area contributed by atoms with E-state index in [4.69, 9.17) is 10.5 Å². The van der Waals surface area contributed by atoms with Gasteiger partial charge < -0.3 is 21.1 Å². The van der Waals surface area contributed by atoms with E-state index in [0.717, 1.165) is 16.8 Å². The minimum absolute atomic E-state index is 0.112. The Hall–Kier alpha value is -4.66. The fourth-order valence-electron chi connectivity index (χ4n) is 4.58. The van der Waals surface area contributed by atoms with Gasteiger partial charge in [0.05, 0.1) is 12.7 Å². The molecular weight excluding hydrogens is 473 g/mol. The van der Waals surface area contributed by atoms with E-state index >= 15 is 4.39 Å². The average Bonchev–Trinajstić information content (AvgIpc) is 3.16. The maximum atomic E-state index is 15.5. The molecule has 3 aromatic carbocycles. The Bertz CT molecular complexity index is 1530. The van der Waals surface area contributed by atoms with E-state index in [0.29, 0.717) is 35.7 Å². The van der Waals surface area contributed by atoms with Crippen LogP contribution in [-0.4, -0.2) is 28.7 Å². The first-order valence-electron chi connectivity index (χ1n) is 11.8. The third-order valence-electron chi connectivity index (χ3n) is 6.53. The number of para-hydroxylation sites is 2. The van der Waals surface area contributed by atoms with Crippen LogP contribution in [0.25, 0.3) is 11.3 Å². The van der Waals surface area contributed by atoms with Gasteiger partial charge in [-0.3, -0.25) is 9.59 Å². The molecule has 0 atom stereocenters. The summed E-state index contributed by atoms with van der Waals surface area (Å²) < 4.78 is 22.4. The molecule has 1 aliphatic heterocycles. The number of methoxy groups -OCH3 is 1. The van der Waals surface area contributed by atoms with E-state index < -0.39 is 11.7 Å². The van der Waals surface area contributed by atoms with Gasteiger partial charge in [0.1, 0.15) is 28.6 Å². The normalized spacial score (nSPS) is 12.1. The van der Waals surface area contributed by atoms with Crippen molar-refractivity contribution in [2.75, 3.05) is 12.4 Å². The van der Waals surface area contributed by atoms with Crippen molar-refractivity contribution < 1.29 is 18.7 Å². The van der Waals surface area contributed by atoms with Crippen LogP contribution in [0, 0.1) is 12.7 Å². The van der Waals surface area contributed by atoms with Gasteiger partial charge in [-0.1, -0.05) is 30.3 Å². The van der Waals surface area contributed by atoms with E-state index in [-0.39, 0.29) is 29.3 Å². The van der Waals surface area contributed by atoms with Crippen LogP contribution in [0.1, 0.15) is 37.4 Å². The van der Waals surface area contributed by atoms with Gasteiger partial charge >= 0.3 is 0 Å².